The van der Waals surface area contributed by atoms with Crippen LogP contribution in [0.2, 0.25) is 0 Å². The Bertz CT molecular complexity index is 431. The standard InChI is InChI=1S/C15H21F3N2/c1-12(9-19-11-15(16,17)18)20-8-4-7-13-5-2-3-6-14(13)10-20/h2-3,5-6,12,19H,4,7-11H2,1H3. The summed E-state index contributed by atoms with van der Waals surface area (Å²) in [6.45, 7) is 3.19. The molecule has 2 nitrogen and oxygen atoms in total. The zero-order valence-electron chi connectivity index (χ0n) is 11.7. The summed E-state index contributed by atoms with van der Waals surface area (Å²) in [5.74, 6) is 0. The highest BCUT2D eigenvalue weighted by Gasteiger charge is 2.27. The van der Waals surface area contributed by atoms with E-state index in [4.69, 9.17) is 0 Å². The molecule has 1 aromatic rings. The minimum absolute atomic E-state index is 0.100. The van der Waals surface area contributed by atoms with Gasteiger partial charge in [0.15, 0.2) is 0 Å². The van der Waals surface area contributed by atoms with Gasteiger partial charge in [-0.1, -0.05) is 24.3 Å². The highest BCUT2D eigenvalue weighted by atomic mass is 19.4. The maximum Gasteiger partial charge on any atom is 0.401 e. The Hall–Kier alpha value is -1.07. The molecule has 1 heterocycles. The lowest BCUT2D eigenvalue weighted by molar-refractivity contribution is -0.125. The lowest BCUT2D eigenvalue weighted by Gasteiger charge is -2.28. The van der Waals surface area contributed by atoms with Gasteiger partial charge in [0.05, 0.1) is 6.54 Å². The molecule has 0 saturated carbocycles. The molecule has 0 radical (unpaired) electrons. The van der Waals surface area contributed by atoms with Crippen LogP contribution < -0.4 is 5.32 Å². The smallest absolute Gasteiger partial charge is 0.307 e. The Morgan fingerprint density at radius 2 is 1.95 bits per heavy atom. The topological polar surface area (TPSA) is 15.3 Å². The van der Waals surface area contributed by atoms with Crippen molar-refractivity contribution in [2.24, 2.45) is 0 Å². The van der Waals surface area contributed by atoms with Crippen molar-refractivity contribution in [2.75, 3.05) is 19.6 Å². The molecule has 0 bridgehead atoms. The number of aryl methyl sites for hydroxylation is 1. The summed E-state index contributed by atoms with van der Waals surface area (Å²) in [6, 6.07) is 8.43. The quantitative estimate of drug-likeness (QED) is 0.915. The van der Waals surface area contributed by atoms with Crippen LogP contribution in [-0.2, 0) is 13.0 Å². The van der Waals surface area contributed by atoms with Crippen LogP contribution in [-0.4, -0.2) is 36.8 Å². The summed E-state index contributed by atoms with van der Waals surface area (Å²) >= 11 is 0. The Morgan fingerprint density at radius 1 is 1.25 bits per heavy atom. The van der Waals surface area contributed by atoms with Crippen LogP contribution in [0.5, 0.6) is 0 Å². The van der Waals surface area contributed by atoms with Crippen molar-refractivity contribution >= 4 is 0 Å². The molecule has 1 unspecified atom stereocenters. The van der Waals surface area contributed by atoms with E-state index in [9.17, 15) is 13.2 Å². The molecule has 1 aliphatic heterocycles. The van der Waals surface area contributed by atoms with Crippen molar-refractivity contribution < 1.29 is 13.2 Å². The summed E-state index contributed by atoms with van der Waals surface area (Å²) in [7, 11) is 0. The second-order valence-electron chi connectivity index (χ2n) is 5.44. The summed E-state index contributed by atoms with van der Waals surface area (Å²) in [6.07, 6.45) is -2.03. The van der Waals surface area contributed by atoms with E-state index in [-0.39, 0.29) is 6.04 Å². The van der Waals surface area contributed by atoms with Crippen molar-refractivity contribution in [3.8, 4) is 0 Å². The van der Waals surface area contributed by atoms with Crippen molar-refractivity contribution in [3.05, 3.63) is 35.4 Å². The number of nitrogens with zero attached hydrogens (tertiary/aromatic N) is 1. The first-order valence-electron chi connectivity index (χ1n) is 7.04. The predicted molar refractivity (Wildman–Crippen MR) is 73.6 cm³/mol. The number of rotatable bonds is 4. The first kappa shape index (κ1) is 15.3. The van der Waals surface area contributed by atoms with E-state index in [1.165, 1.54) is 11.1 Å². The Kier molecular flexibility index (Phi) is 5.05. The number of fused-ring (bicyclic) bond motifs is 1. The van der Waals surface area contributed by atoms with E-state index in [0.717, 1.165) is 25.9 Å². The van der Waals surface area contributed by atoms with E-state index >= 15 is 0 Å². The molecule has 0 saturated heterocycles. The van der Waals surface area contributed by atoms with Crippen LogP contribution in [0, 0.1) is 0 Å². The molecule has 0 amide bonds. The van der Waals surface area contributed by atoms with E-state index in [1.807, 2.05) is 19.1 Å². The number of benzene rings is 1. The van der Waals surface area contributed by atoms with Crippen molar-refractivity contribution in [1.29, 1.82) is 0 Å². The molecule has 2 rings (SSSR count). The van der Waals surface area contributed by atoms with Crippen molar-refractivity contribution in [1.82, 2.24) is 10.2 Å². The van der Waals surface area contributed by atoms with E-state index in [1.54, 1.807) is 0 Å². The highest BCUT2D eigenvalue weighted by molar-refractivity contribution is 5.28. The molecule has 1 N–H and O–H groups in total. The summed E-state index contributed by atoms with van der Waals surface area (Å²) in [5, 5.41) is 2.50. The first-order valence-corrected chi connectivity index (χ1v) is 7.04. The third kappa shape index (κ3) is 4.49. The molecule has 0 aliphatic carbocycles. The van der Waals surface area contributed by atoms with Crippen LogP contribution >= 0.6 is 0 Å². The lowest BCUT2D eigenvalue weighted by Crippen LogP contribution is -2.42. The number of hydrogen-bond acceptors (Lipinski definition) is 2. The van der Waals surface area contributed by atoms with Crippen LogP contribution in [0.15, 0.2) is 24.3 Å². The second-order valence-corrected chi connectivity index (χ2v) is 5.44. The average molecular weight is 286 g/mol. The third-order valence-corrected chi connectivity index (χ3v) is 3.77. The molecular formula is C15H21F3N2. The summed E-state index contributed by atoms with van der Waals surface area (Å²) in [5.41, 5.74) is 2.66. The fraction of sp³-hybridized carbons (Fsp3) is 0.600. The first-order chi connectivity index (χ1) is 9.46. The van der Waals surface area contributed by atoms with Crippen molar-refractivity contribution in [3.63, 3.8) is 0 Å². The van der Waals surface area contributed by atoms with Gasteiger partial charge < -0.3 is 5.32 Å². The summed E-state index contributed by atoms with van der Waals surface area (Å²) in [4.78, 5) is 2.26. The Labute approximate surface area is 118 Å². The minimum atomic E-state index is -4.13. The number of alkyl halides is 3. The molecule has 0 fully saturated rings. The molecule has 1 atom stereocenters. The number of halogens is 3. The highest BCUT2D eigenvalue weighted by Crippen LogP contribution is 2.20. The maximum absolute atomic E-state index is 12.1. The predicted octanol–water partition coefficient (Wildman–Crippen LogP) is 2.98. The van der Waals surface area contributed by atoms with Crippen molar-refractivity contribution in [2.45, 2.75) is 38.5 Å². The summed E-state index contributed by atoms with van der Waals surface area (Å²) < 4.78 is 36.4. The van der Waals surface area contributed by atoms with Crippen LogP contribution in [0.1, 0.15) is 24.5 Å². The van der Waals surface area contributed by atoms with Gasteiger partial charge in [0.25, 0.3) is 0 Å². The van der Waals surface area contributed by atoms with Gasteiger partial charge >= 0.3 is 6.18 Å². The van der Waals surface area contributed by atoms with Crippen LogP contribution in [0.25, 0.3) is 0 Å². The van der Waals surface area contributed by atoms with Gasteiger partial charge in [0, 0.05) is 19.1 Å². The molecule has 20 heavy (non-hydrogen) atoms. The van der Waals surface area contributed by atoms with E-state index in [2.05, 4.69) is 22.3 Å². The SMILES string of the molecule is CC(CNCC(F)(F)F)N1CCCc2ccccc2C1. The fourth-order valence-corrected chi connectivity index (χ4v) is 2.65. The van der Waals surface area contributed by atoms with Gasteiger partial charge in [0.2, 0.25) is 0 Å². The van der Waals surface area contributed by atoms with E-state index in [0.29, 0.717) is 6.54 Å². The third-order valence-electron chi connectivity index (χ3n) is 3.77. The monoisotopic (exact) mass is 286 g/mol. The molecule has 0 aromatic heterocycles. The Balaban J connectivity index is 1.89. The van der Waals surface area contributed by atoms with Crippen LogP contribution in [0.4, 0.5) is 13.2 Å². The largest absolute Gasteiger partial charge is 0.401 e. The van der Waals surface area contributed by atoms with Gasteiger partial charge in [-0.15, -0.1) is 0 Å². The zero-order valence-corrected chi connectivity index (χ0v) is 11.7. The molecule has 112 valence electrons. The lowest BCUT2D eigenvalue weighted by atomic mass is 10.0. The molecule has 5 heteroatoms. The van der Waals surface area contributed by atoms with Gasteiger partial charge in [-0.05, 0) is 37.4 Å². The number of hydrogen-bond donors (Lipinski definition) is 1. The molecular weight excluding hydrogens is 265 g/mol. The molecule has 0 spiro atoms. The van der Waals surface area contributed by atoms with Gasteiger partial charge in [0.1, 0.15) is 0 Å². The van der Waals surface area contributed by atoms with Crippen LogP contribution in [0.3, 0.4) is 0 Å². The maximum atomic E-state index is 12.1. The normalized spacial score (nSPS) is 18.4. The Morgan fingerprint density at radius 3 is 2.65 bits per heavy atom. The zero-order chi connectivity index (χ0) is 14.6. The van der Waals surface area contributed by atoms with Gasteiger partial charge in [-0.3, -0.25) is 4.90 Å². The average Bonchev–Trinajstić information content (AvgIpc) is 2.59. The van der Waals surface area contributed by atoms with Gasteiger partial charge in [-0.2, -0.15) is 13.2 Å². The second kappa shape index (κ2) is 6.59. The molecule has 1 aliphatic rings. The minimum Gasteiger partial charge on any atom is -0.307 e. The van der Waals surface area contributed by atoms with E-state index < -0.39 is 12.7 Å². The van der Waals surface area contributed by atoms with Gasteiger partial charge in [-0.25, -0.2) is 0 Å². The number of nitrogens with one attached hydrogen (secondary N) is 1. The molecule has 1 aromatic carbocycles. The fourth-order valence-electron chi connectivity index (χ4n) is 2.65.